The van der Waals surface area contributed by atoms with Crippen LogP contribution in [-0.2, 0) is 0 Å². The van der Waals surface area contributed by atoms with Crippen LogP contribution in [-0.4, -0.2) is 26.4 Å². The maximum atomic E-state index is 10.8. The first-order valence-electron chi connectivity index (χ1n) is 5.66. The van der Waals surface area contributed by atoms with Gasteiger partial charge in [0.05, 0.1) is 5.69 Å². The van der Waals surface area contributed by atoms with Crippen LogP contribution in [0.2, 0.25) is 0 Å². The lowest BCUT2D eigenvalue weighted by molar-refractivity contribution is 0.0690. The molecule has 3 aromatic rings. The number of aromatic amines is 1. The second-order valence-electron chi connectivity index (χ2n) is 4.19. The molecule has 0 radical (unpaired) electrons. The minimum absolute atomic E-state index is 0.0115. The molecule has 1 heterocycles. The van der Waals surface area contributed by atoms with Gasteiger partial charge in [-0.2, -0.15) is 5.10 Å². The lowest BCUT2D eigenvalue weighted by Gasteiger charge is -2.04. The van der Waals surface area contributed by atoms with Crippen molar-refractivity contribution in [1.82, 2.24) is 10.2 Å². The zero-order valence-electron chi connectivity index (χ0n) is 9.79. The van der Waals surface area contributed by atoms with E-state index in [-0.39, 0.29) is 11.4 Å². The molecule has 0 atom stereocenters. The third kappa shape index (κ3) is 1.91. The third-order valence-corrected chi connectivity index (χ3v) is 2.95. The Labute approximate surface area is 108 Å². The van der Waals surface area contributed by atoms with Crippen LogP contribution < -0.4 is 0 Å². The number of nitrogens with zero attached hydrogens (tertiary/aromatic N) is 1. The standard InChI is InChI=1S/C14H10N2O3/c17-13-6-9-4-2-1-3-8(9)5-10(13)11-7-12(14(18)19)16-15-11/h1-7,17H,(H,15,16)(H,18,19). The Hall–Kier alpha value is -2.82. The van der Waals surface area contributed by atoms with E-state index in [0.29, 0.717) is 11.3 Å². The number of carboxylic acids is 1. The van der Waals surface area contributed by atoms with Crippen LogP contribution in [0, 0.1) is 0 Å². The van der Waals surface area contributed by atoms with E-state index in [9.17, 15) is 9.90 Å². The average molecular weight is 254 g/mol. The summed E-state index contributed by atoms with van der Waals surface area (Å²) in [6, 6.07) is 12.4. The van der Waals surface area contributed by atoms with Crippen molar-refractivity contribution >= 4 is 16.7 Å². The molecule has 0 saturated heterocycles. The summed E-state index contributed by atoms with van der Waals surface area (Å²) in [5.41, 5.74) is 0.894. The number of benzene rings is 2. The molecular weight excluding hydrogens is 244 g/mol. The zero-order valence-corrected chi connectivity index (χ0v) is 9.79. The molecule has 5 heteroatoms. The van der Waals surface area contributed by atoms with Crippen LogP contribution in [0.1, 0.15) is 10.5 Å². The minimum Gasteiger partial charge on any atom is -0.507 e. The Kier molecular flexibility index (Phi) is 2.45. The number of carboxylic acid groups (broad SMARTS) is 1. The Bertz CT molecular complexity index is 777. The molecule has 0 aliphatic rings. The van der Waals surface area contributed by atoms with Gasteiger partial charge < -0.3 is 10.2 Å². The fourth-order valence-corrected chi connectivity index (χ4v) is 2.00. The summed E-state index contributed by atoms with van der Waals surface area (Å²) in [5.74, 6) is -1.01. The number of carbonyl (C=O) groups is 1. The van der Waals surface area contributed by atoms with Crippen molar-refractivity contribution in [2.24, 2.45) is 0 Å². The number of nitrogens with one attached hydrogen (secondary N) is 1. The highest BCUT2D eigenvalue weighted by atomic mass is 16.4. The van der Waals surface area contributed by atoms with Crippen molar-refractivity contribution in [3.8, 4) is 17.0 Å². The molecule has 94 valence electrons. The van der Waals surface area contributed by atoms with Gasteiger partial charge >= 0.3 is 5.97 Å². The lowest BCUT2D eigenvalue weighted by atomic mass is 10.0. The summed E-state index contributed by atoms with van der Waals surface area (Å²) >= 11 is 0. The van der Waals surface area contributed by atoms with Gasteiger partial charge in [-0.3, -0.25) is 5.10 Å². The van der Waals surface area contributed by atoms with Crippen molar-refractivity contribution in [1.29, 1.82) is 0 Å². The number of phenols is 1. The summed E-state index contributed by atoms with van der Waals surface area (Å²) in [7, 11) is 0. The van der Waals surface area contributed by atoms with Gasteiger partial charge in [0.2, 0.25) is 0 Å². The Morgan fingerprint density at radius 1 is 1.11 bits per heavy atom. The van der Waals surface area contributed by atoms with Crippen molar-refractivity contribution in [3.05, 3.63) is 48.2 Å². The Morgan fingerprint density at radius 3 is 2.42 bits per heavy atom. The topological polar surface area (TPSA) is 86.2 Å². The van der Waals surface area contributed by atoms with Gasteiger partial charge in [-0.1, -0.05) is 24.3 Å². The number of aromatic nitrogens is 2. The van der Waals surface area contributed by atoms with Gasteiger partial charge in [0.15, 0.2) is 0 Å². The Balaban J connectivity index is 2.18. The molecule has 0 bridgehead atoms. The van der Waals surface area contributed by atoms with Crippen molar-refractivity contribution in [2.75, 3.05) is 0 Å². The zero-order chi connectivity index (χ0) is 13.4. The summed E-state index contributed by atoms with van der Waals surface area (Å²) in [6.07, 6.45) is 0. The predicted molar refractivity (Wildman–Crippen MR) is 70.2 cm³/mol. The van der Waals surface area contributed by atoms with Gasteiger partial charge in [-0.05, 0) is 29.0 Å². The van der Waals surface area contributed by atoms with Gasteiger partial charge in [0.1, 0.15) is 11.4 Å². The highest BCUT2D eigenvalue weighted by Gasteiger charge is 2.13. The number of rotatable bonds is 2. The summed E-state index contributed by atoms with van der Waals surface area (Å²) in [5, 5.41) is 27.1. The van der Waals surface area contributed by atoms with Gasteiger partial charge in [-0.25, -0.2) is 4.79 Å². The van der Waals surface area contributed by atoms with E-state index < -0.39 is 5.97 Å². The molecule has 0 spiro atoms. The molecule has 0 saturated carbocycles. The molecule has 0 unspecified atom stereocenters. The molecule has 0 aliphatic carbocycles. The first kappa shape index (κ1) is 11.3. The number of hydrogen-bond acceptors (Lipinski definition) is 3. The monoisotopic (exact) mass is 254 g/mol. The highest BCUT2D eigenvalue weighted by Crippen LogP contribution is 2.32. The fourth-order valence-electron chi connectivity index (χ4n) is 2.00. The van der Waals surface area contributed by atoms with E-state index in [0.717, 1.165) is 10.8 Å². The number of H-pyrrole nitrogens is 1. The fraction of sp³-hybridized carbons (Fsp3) is 0. The second-order valence-corrected chi connectivity index (χ2v) is 4.19. The van der Waals surface area contributed by atoms with Crippen LogP contribution in [0.15, 0.2) is 42.5 Å². The van der Waals surface area contributed by atoms with E-state index >= 15 is 0 Å². The molecule has 3 rings (SSSR count). The number of fused-ring (bicyclic) bond motifs is 1. The summed E-state index contributed by atoms with van der Waals surface area (Å²) < 4.78 is 0. The van der Waals surface area contributed by atoms with Crippen molar-refractivity contribution < 1.29 is 15.0 Å². The van der Waals surface area contributed by atoms with E-state index in [4.69, 9.17) is 5.11 Å². The number of aromatic hydroxyl groups is 1. The van der Waals surface area contributed by atoms with Crippen LogP contribution in [0.4, 0.5) is 0 Å². The molecule has 0 amide bonds. The van der Waals surface area contributed by atoms with Crippen LogP contribution in [0.25, 0.3) is 22.0 Å². The first-order chi connectivity index (χ1) is 9.15. The highest BCUT2D eigenvalue weighted by molar-refractivity contribution is 5.91. The Morgan fingerprint density at radius 2 is 1.79 bits per heavy atom. The normalized spacial score (nSPS) is 10.7. The minimum atomic E-state index is -1.08. The largest absolute Gasteiger partial charge is 0.507 e. The molecule has 3 N–H and O–H groups in total. The molecule has 19 heavy (non-hydrogen) atoms. The maximum absolute atomic E-state index is 10.8. The maximum Gasteiger partial charge on any atom is 0.353 e. The van der Waals surface area contributed by atoms with Crippen molar-refractivity contribution in [2.45, 2.75) is 0 Å². The molecule has 0 fully saturated rings. The van der Waals surface area contributed by atoms with Gasteiger partial charge in [0.25, 0.3) is 0 Å². The predicted octanol–water partition coefficient (Wildman–Crippen LogP) is 2.63. The molecule has 2 aromatic carbocycles. The number of phenolic OH excluding ortho intramolecular Hbond substituents is 1. The van der Waals surface area contributed by atoms with E-state index in [1.807, 2.05) is 24.3 Å². The second kappa shape index (κ2) is 4.13. The molecule has 1 aromatic heterocycles. The van der Waals surface area contributed by atoms with Crippen LogP contribution in [0.3, 0.4) is 0 Å². The lowest BCUT2D eigenvalue weighted by Crippen LogP contribution is -1.95. The van der Waals surface area contributed by atoms with Crippen molar-refractivity contribution in [3.63, 3.8) is 0 Å². The average Bonchev–Trinajstić information content (AvgIpc) is 2.87. The number of hydrogen-bond donors (Lipinski definition) is 3. The molecular formula is C14H10N2O3. The van der Waals surface area contributed by atoms with E-state index in [1.165, 1.54) is 6.07 Å². The number of aromatic carboxylic acids is 1. The van der Waals surface area contributed by atoms with Gasteiger partial charge in [0, 0.05) is 5.56 Å². The summed E-state index contributed by atoms with van der Waals surface area (Å²) in [6.45, 7) is 0. The molecule has 5 nitrogen and oxygen atoms in total. The van der Waals surface area contributed by atoms with Gasteiger partial charge in [-0.15, -0.1) is 0 Å². The van der Waals surface area contributed by atoms with Crippen LogP contribution in [0.5, 0.6) is 5.75 Å². The molecule has 0 aliphatic heterocycles. The first-order valence-corrected chi connectivity index (χ1v) is 5.66. The van der Waals surface area contributed by atoms with Crippen LogP contribution >= 0.6 is 0 Å². The SMILES string of the molecule is O=C(O)c1cc(-c2cc3ccccc3cc2O)n[nH]1. The quantitative estimate of drug-likeness (QED) is 0.656. The third-order valence-electron chi connectivity index (χ3n) is 2.95. The smallest absolute Gasteiger partial charge is 0.353 e. The summed E-state index contributed by atoms with van der Waals surface area (Å²) in [4.78, 5) is 10.8. The van der Waals surface area contributed by atoms with E-state index in [1.54, 1.807) is 12.1 Å². The van der Waals surface area contributed by atoms with E-state index in [2.05, 4.69) is 10.2 Å².